The van der Waals surface area contributed by atoms with Crippen molar-refractivity contribution in [2.75, 3.05) is 6.79 Å². The fourth-order valence-corrected chi connectivity index (χ4v) is 3.60. The van der Waals surface area contributed by atoms with Gasteiger partial charge in [-0.3, -0.25) is 4.79 Å². The molecule has 3 aromatic carbocycles. The maximum atomic E-state index is 13.0. The highest BCUT2D eigenvalue weighted by Gasteiger charge is 2.19. The second-order valence-corrected chi connectivity index (χ2v) is 7.10. The van der Waals surface area contributed by atoms with Gasteiger partial charge in [-0.15, -0.1) is 0 Å². The van der Waals surface area contributed by atoms with Crippen LogP contribution in [0, 0.1) is 6.92 Å². The molecular formula is C24H19N3O3. The van der Waals surface area contributed by atoms with E-state index >= 15 is 0 Å². The lowest BCUT2D eigenvalue weighted by molar-refractivity contribution is 0.0951. The predicted molar refractivity (Wildman–Crippen MR) is 116 cm³/mol. The van der Waals surface area contributed by atoms with Gasteiger partial charge in [0.05, 0.1) is 6.21 Å². The van der Waals surface area contributed by atoms with E-state index in [0.29, 0.717) is 17.2 Å². The Labute approximate surface area is 173 Å². The van der Waals surface area contributed by atoms with Crippen molar-refractivity contribution in [2.24, 2.45) is 5.10 Å². The maximum absolute atomic E-state index is 13.0. The molecule has 148 valence electrons. The van der Waals surface area contributed by atoms with Crippen molar-refractivity contribution in [1.82, 2.24) is 10.4 Å². The number of hydrogen-bond donors (Lipinski definition) is 2. The van der Waals surface area contributed by atoms with Crippen LogP contribution in [0.1, 0.15) is 21.6 Å². The number of aromatic nitrogens is 1. The molecule has 0 bridgehead atoms. The molecule has 0 unspecified atom stereocenters. The zero-order chi connectivity index (χ0) is 20.5. The standard InChI is InChI=1S/C24H19N3O3/c1-15-7-9-19-18(11-15)22(17-5-3-2-4-6-17)23(26-19)24(28)27-25-13-16-8-10-20-21(12-16)30-14-29-20/h2-13,26H,14H2,1H3,(H,27,28)/b25-13+. The van der Waals surface area contributed by atoms with E-state index in [2.05, 4.69) is 21.6 Å². The Balaban J connectivity index is 1.46. The Kier molecular flexibility index (Phi) is 4.44. The van der Waals surface area contributed by atoms with Gasteiger partial charge < -0.3 is 14.5 Å². The van der Waals surface area contributed by atoms with Crippen LogP contribution in [0.2, 0.25) is 0 Å². The number of aromatic amines is 1. The summed E-state index contributed by atoms with van der Waals surface area (Å²) in [5, 5.41) is 5.13. The van der Waals surface area contributed by atoms with Crippen molar-refractivity contribution in [3.63, 3.8) is 0 Å². The van der Waals surface area contributed by atoms with Crippen molar-refractivity contribution in [3.05, 3.63) is 83.6 Å². The van der Waals surface area contributed by atoms with Crippen LogP contribution in [-0.2, 0) is 0 Å². The summed E-state index contributed by atoms with van der Waals surface area (Å²) < 4.78 is 10.7. The number of fused-ring (bicyclic) bond motifs is 2. The summed E-state index contributed by atoms with van der Waals surface area (Å²) in [7, 11) is 0. The van der Waals surface area contributed by atoms with E-state index in [-0.39, 0.29) is 12.7 Å². The van der Waals surface area contributed by atoms with Crippen molar-refractivity contribution < 1.29 is 14.3 Å². The lowest BCUT2D eigenvalue weighted by Crippen LogP contribution is -2.18. The largest absolute Gasteiger partial charge is 0.454 e. The molecule has 1 amide bonds. The Hall–Kier alpha value is -4.06. The SMILES string of the molecule is Cc1ccc2[nH]c(C(=O)N/N=C/c3ccc4c(c3)OCO4)c(-c3ccccc3)c2c1. The highest BCUT2D eigenvalue weighted by Crippen LogP contribution is 2.33. The molecule has 0 radical (unpaired) electrons. The van der Waals surface area contributed by atoms with Crippen LogP contribution in [0.25, 0.3) is 22.0 Å². The molecule has 0 saturated carbocycles. The van der Waals surface area contributed by atoms with Gasteiger partial charge in [0.25, 0.3) is 5.91 Å². The third-order valence-electron chi connectivity index (χ3n) is 5.02. The first kappa shape index (κ1) is 18.0. The van der Waals surface area contributed by atoms with E-state index in [9.17, 15) is 4.79 Å². The third-order valence-corrected chi connectivity index (χ3v) is 5.02. The second-order valence-electron chi connectivity index (χ2n) is 7.10. The van der Waals surface area contributed by atoms with Gasteiger partial charge in [-0.2, -0.15) is 5.10 Å². The van der Waals surface area contributed by atoms with Gasteiger partial charge in [-0.1, -0.05) is 42.0 Å². The fraction of sp³-hybridized carbons (Fsp3) is 0.0833. The second kappa shape index (κ2) is 7.40. The number of aryl methyl sites for hydroxylation is 1. The number of carbonyl (C=O) groups is 1. The number of nitrogens with zero attached hydrogens (tertiary/aromatic N) is 1. The molecule has 0 spiro atoms. The first-order chi connectivity index (χ1) is 14.7. The molecule has 30 heavy (non-hydrogen) atoms. The van der Waals surface area contributed by atoms with Crippen LogP contribution in [-0.4, -0.2) is 23.9 Å². The van der Waals surface area contributed by atoms with Crippen molar-refractivity contribution in [1.29, 1.82) is 0 Å². The maximum Gasteiger partial charge on any atom is 0.288 e. The van der Waals surface area contributed by atoms with E-state index < -0.39 is 0 Å². The van der Waals surface area contributed by atoms with E-state index in [4.69, 9.17) is 9.47 Å². The highest BCUT2D eigenvalue weighted by molar-refractivity contribution is 6.10. The minimum Gasteiger partial charge on any atom is -0.454 e. The minimum atomic E-state index is -0.306. The first-order valence-electron chi connectivity index (χ1n) is 9.60. The number of hydrogen-bond acceptors (Lipinski definition) is 4. The van der Waals surface area contributed by atoms with Crippen molar-refractivity contribution in [2.45, 2.75) is 6.92 Å². The smallest absolute Gasteiger partial charge is 0.288 e. The number of benzene rings is 3. The van der Waals surface area contributed by atoms with Gasteiger partial charge in [0.15, 0.2) is 11.5 Å². The lowest BCUT2D eigenvalue weighted by atomic mass is 10.0. The predicted octanol–water partition coefficient (Wildman–Crippen LogP) is 4.64. The molecule has 4 aromatic rings. The van der Waals surface area contributed by atoms with Crippen LogP contribution >= 0.6 is 0 Å². The topological polar surface area (TPSA) is 75.7 Å². The average molecular weight is 397 g/mol. The molecule has 5 rings (SSSR count). The van der Waals surface area contributed by atoms with Gasteiger partial charge in [0.2, 0.25) is 6.79 Å². The molecule has 6 heteroatoms. The van der Waals surface area contributed by atoms with Gasteiger partial charge >= 0.3 is 0 Å². The summed E-state index contributed by atoms with van der Waals surface area (Å²) in [5.74, 6) is 1.07. The quantitative estimate of drug-likeness (QED) is 0.389. The molecule has 1 aliphatic rings. The van der Waals surface area contributed by atoms with E-state index in [1.807, 2.05) is 67.6 Å². The van der Waals surface area contributed by atoms with Gasteiger partial charge in [0.1, 0.15) is 5.69 Å². The molecule has 0 saturated heterocycles. The van der Waals surface area contributed by atoms with Gasteiger partial charge in [-0.25, -0.2) is 5.43 Å². The molecule has 1 aliphatic heterocycles. The molecule has 2 heterocycles. The van der Waals surface area contributed by atoms with E-state index in [1.54, 1.807) is 6.21 Å². The molecular weight excluding hydrogens is 378 g/mol. The number of amides is 1. The summed E-state index contributed by atoms with van der Waals surface area (Å²) in [6.07, 6.45) is 1.58. The summed E-state index contributed by atoms with van der Waals surface area (Å²) in [6, 6.07) is 21.5. The van der Waals surface area contributed by atoms with Crippen LogP contribution in [0.4, 0.5) is 0 Å². The van der Waals surface area contributed by atoms with Crippen LogP contribution in [0.15, 0.2) is 71.8 Å². The van der Waals surface area contributed by atoms with Crippen molar-refractivity contribution >= 4 is 23.0 Å². The zero-order valence-electron chi connectivity index (χ0n) is 16.3. The Morgan fingerprint density at radius 2 is 1.87 bits per heavy atom. The Bertz CT molecular complexity index is 1280. The molecule has 6 nitrogen and oxygen atoms in total. The highest BCUT2D eigenvalue weighted by atomic mass is 16.7. The number of hydrazone groups is 1. The summed E-state index contributed by atoms with van der Waals surface area (Å²) >= 11 is 0. The lowest BCUT2D eigenvalue weighted by Gasteiger charge is -2.05. The van der Waals surface area contributed by atoms with Crippen LogP contribution in [0.3, 0.4) is 0 Å². The van der Waals surface area contributed by atoms with Crippen LogP contribution < -0.4 is 14.9 Å². The minimum absolute atomic E-state index is 0.217. The third kappa shape index (κ3) is 3.28. The Morgan fingerprint density at radius 3 is 2.73 bits per heavy atom. The van der Waals surface area contributed by atoms with Crippen molar-refractivity contribution in [3.8, 4) is 22.6 Å². The summed E-state index contributed by atoms with van der Waals surface area (Å²) in [4.78, 5) is 16.2. The van der Waals surface area contributed by atoms with E-state index in [1.165, 1.54) is 0 Å². The number of nitrogens with one attached hydrogen (secondary N) is 2. The normalized spacial score (nSPS) is 12.6. The molecule has 1 aromatic heterocycles. The summed E-state index contributed by atoms with van der Waals surface area (Å²) in [5.41, 5.74) is 7.78. The first-order valence-corrected chi connectivity index (χ1v) is 9.60. The number of H-pyrrole nitrogens is 1. The number of rotatable bonds is 4. The number of ether oxygens (including phenoxy) is 2. The van der Waals surface area contributed by atoms with Gasteiger partial charge in [0, 0.05) is 16.5 Å². The summed E-state index contributed by atoms with van der Waals surface area (Å²) in [6.45, 7) is 2.26. The molecule has 0 fully saturated rings. The number of carbonyl (C=O) groups excluding carboxylic acids is 1. The average Bonchev–Trinajstić information content (AvgIpc) is 3.38. The zero-order valence-corrected chi connectivity index (χ0v) is 16.3. The van der Waals surface area contributed by atoms with Gasteiger partial charge in [-0.05, 0) is 48.4 Å². The molecule has 2 N–H and O–H groups in total. The molecule has 0 aliphatic carbocycles. The van der Waals surface area contributed by atoms with E-state index in [0.717, 1.165) is 33.2 Å². The van der Waals surface area contributed by atoms with Crippen LogP contribution in [0.5, 0.6) is 11.5 Å². The Morgan fingerprint density at radius 1 is 1.03 bits per heavy atom. The monoisotopic (exact) mass is 397 g/mol. The molecule has 0 atom stereocenters. The fourth-order valence-electron chi connectivity index (χ4n) is 3.60.